The number of rotatable bonds is 3. The second-order valence-corrected chi connectivity index (χ2v) is 4.45. The fourth-order valence-electron chi connectivity index (χ4n) is 2.30. The summed E-state index contributed by atoms with van der Waals surface area (Å²) in [5, 5.41) is 10.1. The average Bonchev–Trinajstić information content (AvgIpc) is 2.26. The van der Waals surface area contributed by atoms with Crippen LogP contribution in [0.4, 0.5) is 0 Å². The number of benzene rings is 1. The molecule has 4 nitrogen and oxygen atoms in total. The first kappa shape index (κ1) is 11.7. The number of isocyanates is 1. The lowest BCUT2D eigenvalue weighted by atomic mass is 9.71. The Morgan fingerprint density at radius 1 is 1.47 bits per heavy atom. The smallest absolute Gasteiger partial charge is 0.235 e. The van der Waals surface area contributed by atoms with Gasteiger partial charge in [-0.1, -0.05) is 0 Å². The molecule has 1 saturated carbocycles. The first-order valence-electron chi connectivity index (χ1n) is 5.60. The van der Waals surface area contributed by atoms with Crippen molar-refractivity contribution in [3.8, 4) is 11.5 Å². The molecule has 17 heavy (non-hydrogen) atoms. The van der Waals surface area contributed by atoms with E-state index in [1.807, 2.05) is 13.0 Å². The van der Waals surface area contributed by atoms with E-state index in [-0.39, 0.29) is 5.75 Å². The molecular weight excluding hydrogens is 218 g/mol. The fourth-order valence-corrected chi connectivity index (χ4v) is 2.30. The first-order valence-corrected chi connectivity index (χ1v) is 5.60. The molecular formula is C13H15NO3. The third-order valence-electron chi connectivity index (χ3n) is 3.38. The monoisotopic (exact) mass is 233 g/mol. The summed E-state index contributed by atoms with van der Waals surface area (Å²) in [5.41, 5.74) is 1.05. The van der Waals surface area contributed by atoms with E-state index in [2.05, 4.69) is 4.99 Å². The maximum absolute atomic E-state index is 10.5. The van der Waals surface area contributed by atoms with Gasteiger partial charge < -0.3 is 9.84 Å². The lowest BCUT2D eigenvalue weighted by molar-refractivity contribution is 0.244. The van der Waals surface area contributed by atoms with Crippen LogP contribution < -0.4 is 4.74 Å². The zero-order valence-corrected chi connectivity index (χ0v) is 9.99. The second-order valence-electron chi connectivity index (χ2n) is 4.45. The van der Waals surface area contributed by atoms with Gasteiger partial charge in [-0.3, -0.25) is 0 Å². The molecule has 1 fully saturated rings. The summed E-state index contributed by atoms with van der Waals surface area (Å²) < 4.78 is 5.12. The molecule has 4 heteroatoms. The molecule has 0 amide bonds. The molecule has 0 heterocycles. The van der Waals surface area contributed by atoms with Crippen LogP contribution >= 0.6 is 0 Å². The van der Waals surface area contributed by atoms with Gasteiger partial charge in [-0.2, -0.15) is 4.99 Å². The van der Waals surface area contributed by atoms with Gasteiger partial charge in [0.15, 0.2) is 11.5 Å². The summed E-state index contributed by atoms with van der Waals surface area (Å²) in [4.78, 5) is 14.4. The van der Waals surface area contributed by atoms with Gasteiger partial charge in [-0.05, 0) is 43.9 Å². The van der Waals surface area contributed by atoms with Crippen molar-refractivity contribution < 1.29 is 14.6 Å². The summed E-state index contributed by atoms with van der Waals surface area (Å²) in [6.07, 6.45) is 4.15. The molecule has 1 aliphatic rings. The molecule has 0 aliphatic heterocycles. The van der Waals surface area contributed by atoms with Crippen molar-refractivity contribution in [3.05, 3.63) is 23.3 Å². The van der Waals surface area contributed by atoms with Crippen molar-refractivity contribution in [1.29, 1.82) is 0 Å². The summed E-state index contributed by atoms with van der Waals surface area (Å²) in [5.74, 6) is 0.504. The van der Waals surface area contributed by atoms with Crippen molar-refractivity contribution in [2.75, 3.05) is 7.11 Å². The molecule has 0 spiro atoms. The van der Waals surface area contributed by atoms with Crippen LogP contribution in [-0.2, 0) is 10.3 Å². The highest BCUT2D eigenvalue weighted by molar-refractivity contribution is 5.53. The summed E-state index contributed by atoms with van der Waals surface area (Å²) in [6, 6.07) is 3.62. The Morgan fingerprint density at radius 2 is 2.18 bits per heavy atom. The minimum Gasteiger partial charge on any atom is -0.504 e. The van der Waals surface area contributed by atoms with Crippen molar-refractivity contribution in [3.63, 3.8) is 0 Å². The minimum absolute atomic E-state index is 0.0804. The minimum atomic E-state index is -0.592. The van der Waals surface area contributed by atoms with E-state index in [0.717, 1.165) is 24.8 Å². The number of phenols is 1. The van der Waals surface area contributed by atoms with Crippen LogP contribution in [0.2, 0.25) is 0 Å². The van der Waals surface area contributed by atoms with Crippen LogP contribution in [0.3, 0.4) is 0 Å². The predicted octanol–water partition coefficient (Wildman–Crippen LogP) is 2.42. The summed E-state index contributed by atoms with van der Waals surface area (Å²) >= 11 is 0. The van der Waals surface area contributed by atoms with Crippen LogP contribution in [-0.4, -0.2) is 18.3 Å². The number of carbonyl (C=O) groups excluding carboxylic acids is 1. The Balaban J connectivity index is 2.58. The van der Waals surface area contributed by atoms with E-state index in [1.165, 1.54) is 7.11 Å². The molecule has 0 radical (unpaired) electrons. The van der Waals surface area contributed by atoms with Gasteiger partial charge in [0.2, 0.25) is 6.08 Å². The molecule has 1 aliphatic carbocycles. The zero-order chi connectivity index (χ0) is 12.5. The third kappa shape index (κ3) is 1.81. The number of phenolic OH excluding ortho intramolecular Hbond substituents is 1. The molecule has 1 N–H and O–H groups in total. The Kier molecular flexibility index (Phi) is 2.90. The van der Waals surface area contributed by atoms with Gasteiger partial charge in [0, 0.05) is 5.56 Å². The van der Waals surface area contributed by atoms with Crippen molar-refractivity contribution >= 4 is 6.08 Å². The number of ether oxygens (including phenoxy) is 1. The number of nitrogens with zero attached hydrogens (tertiary/aromatic N) is 1. The van der Waals surface area contributed by atoms with Crippen LogP contribution in [0.5, 0.6) is 11.5 Å². The predicted molar refractivity (Wildman–Crippen MR) is 63.0 cm³/mol. The highest BCUT2D eigenvalue weighted by Crippen LogP contribution is 2.50. The van der Waals surface area contributed by atoms with E-state index in [4.69, 9.17) is 4.74 Å². The number of aryl methyl sites for hydroxylation is 1. The Labute approximate surface area is 99.9 Å². The zero-order valence-electron chi connectivity index (χ0n) is 9.99. The lowest BCUT2D eigenvalue weighted by Crippen LogP contribution is -2.32. The van der Waals surface area contributed by atoms with E-state index in [9.17, 15) is 9.90 Å². The molecule has 0 saturated heterocycles. The Morgan fingerprint density at radius 3 is 2.65 bits per heavy atom. The topological polar surface area (TPSA) is 58.9 Å². The highest BCUT2D eigenvalue weighted by atomic mass is 16.5. The van der Waals surface area contributed by atoms with E-state index >= 15 is 0 Å². The number of aromatic hydroxyl groups is 1. The van der Waals surface area contributed by atoms with Crippen LogP contribution in [0, 0.1) is 6.92 Å². The van der Waals surface area contributed by atoms with Crippen molar-refractivity contribution in [1.82, 2.24) is 0 Å². The third-order valence-corrected chi connectivity index (χ3v) is 3.38. The molecule has 0 bridgehead atoms. The highest BCUT2D eigenvalue weighted by Gasteiger charge is 2.41. The first-order chi connectivity index (χ1) is 8.13. The number of hydrogen-bond donors (Lipinski definition) is 1. The summed E-state index contributed by atoms with van der Waals surface area (Å²) in [6.45, 7) is 1.92. The fraction of sp³-hybridized carbons (Fsp3) is 0.462. The largest absolute Gasteiger partial charge is 0.504 e. The van der Waals surface area contributed by atoms with Gasteiger partial charge in [0.25, 0.3) is 0 Å². The van der Waals surface area contributed by atoms with Gasteiger partial charge >= 0.3 is 0 Å². The van der Waals surface area contributed by atoms with Crippen LogP contribution in [0.1, 0.15) is 30.4 Å². The Hall–Kier alpha value is -1.80. The molecule has 0 aromatic heterocycles. The number of methoxy groups -OCH3 is 1. The van der Waals surface area contributed by atoms with E-state index < -0.39 is 5.54 Å². The lowest BCUT2D eigenvalue weighted by Gasteiger charge is -2.37. The maximum atomic E-state index is 10.5. The van der Waals surface area contributed by atoms with Gasteiger partial charge in [-0.15, -0.1) is 0 Å². The van der Waals surface area contributed by atoms with Gasteiger partial charge in [-0.25, -0.2) is 4.79 Å². The Bertz CT molecular complexity index is 486. The SMILES string of the molecule is COc1cc(C)cc(C2(N=C=O)CCC2)c1O. The number of hydrogen-bond acceptors (Lipinski definition) is 4. The van der Waals surface area contributed by atoms with Gasteiger partial charge in [0.05, 0.1) is 7.11 Å². The van der Waals surface area contributed by atoms with Crippen molar-refractivity contribution in [2.45, 2.75) is 31.7 Å². The van der Waals surface area contributed by atoms with E-state index in [0.29, 0.717) is 11.3 Å². The van der Waals surface area contributed by atoms with Crippen molar-refractivity contribution in [2.24, 2.45) is 4.99 Å². The molecule has 1 aromatic carbocycles. The molecule has 0 atom stereocenters. The quantitative estimate of drug-likeness (QED) is 0.644. The van der Waals surface area contributed by atoms with Crippen LogP contribution in [0.25, 0.3) is 0 Å². The van der Waals surface area contributed by atoms with Gasteiger partial charge in [0.1, 0.15) is 5.54 Å². The molecule has 90 valence electrons. The molecule has 0 unspecified atom stereocenters. The normalized spacial score (nSPS) is 16.8. The molecule has 1 aromatic rings. The second kappa shape index (κ2) is 4.22. The number of aliphatic imine (C=N–C) groups is 1. The molecule has 2 rings (SSSR count). The summed E-state index contributed by atoms with van der Waals surface area (Å²) in [7, 11) is 1.51. The standard InChI is InChI=1S/C13H15NO3/c1-9-6-10(12(16)11(7-9)17-2)13(14-8-15)4-3-5-13/h6-7,16H,3-5H2,1-2H3. The average molecular weight is 233 g/mol. The van der Waals surface area contributed by atoms with E-state index in [1.54, 1.807) is 12.1 Å². The maximum Gasteiger partial charge on any atom is 0.235 e. The van der Waals surface area contributed by atoms with Crippen LogP contribution in [0.15, 0.2) is 17.1 Å².